The van der Waals surface area contributed by atoms with Gasteiger partial charge in [0, 0.05) is 79.7 Å². The van der Waals surface area contributed by atoms with Crippen molar-refractivity contribution in [2.75, 3.05) is 37.9 Å². The molecule has 0 atom stereocenters. The number of aryl methyl sites for hydroxylation is 1. The van der Waals surface area contributed by atoms with E-state index in [1.54, 1.807) is 31.3 Å². The van der Waals surface area contributed by atoms with Crippen LogP contribution < -0.4 is 20.1 Å². The molecule has 0 spiro atoms. The van der Waals surface area contributed by atoms with Gasteiger partial charge in [-0.3, -0.25) is 14.6 Å². The molecule has 2 N–H and O–H groups in total. The molecule has 5 rings (SSSR count). The van der Waals surface area contributed by atoms with Crippen molar-refractivity contribution in [1.29, 1.82) is 0 Å². The summed E-state index contributed by atoms with van der Waals surface area (Å²) in [6.07, 6.45) is 5.53. The zero-order chi connectivity index (χ0) is 28.9. The lowest BCUT2D eigenvalue weighted by Crippen LogP contribution is -2.37. The van der Waals surface area contributed by atoms with Gasteiger partial charge in [-0.1, -0.05) is 18.2 Å². The summed E-state index contributed by atoms with van der Waals surface area (Å²) in [5, 5.41) is 4.29. The number of anilines is 3. The monoisotopic (exact) mass is 551 g/mol. The summed E-state index contributed by atoms with van der Waals surface area (Å²) in [6, 6.07) is 20.5. The summed E-state index contributed by atoms with van der Waals surface area (Å²) in [4.78, 5) is 14.3. The van der Waals surface area contributed by atoms with E-state index < -0.39 is 0 Å². The SMILES string of the molecule is COc1cc(OC)cc(N(CCN(Cc2ccccc2N)C(C)C)c2ccc3ncc(-c4cnn(C)c4)nc3c2)c1. The van der Waals surface area contributed by atoms with Gasteiger partial charge in [-0.05, 0) is 43.7 Å². The van der Waals surface area contributed by atoms with Gasteiger partial charge in [0.25, 0.3) is 0 Å². The third-order valence-electron chi connectivity index (χ3n) is 7.26. The fourth-order valence-corrected chi connectivity index (χ4v) is 4.86. The van der Waals surface area contributed by atoms with E-state index in [1.165, 1.54) is 0 Å². The van der Waals surface area contributed by atoms with Crippen LogP contribution in [0.3, 0.4) is 0 Å². The van der Waals surface area contributed by atoms with E-state index in [0.29, 0.717) is 12.6 Å². The van der Waals surface area contributed by atoms with Crippen molar-refractivity contribution in [2.24, 2.45) is 7.05 Å². The number of fused-ring (bicyclic) bond motifs is 1. The molecule has 5 aromatic rings. The molecule has 0 aliphatic carbocycles. The van der Waals surface area contributed by atoms with E-state index >= 15 is 0 Å². The third-order valence-corrected chi connectivity index (χ3v) is 7.26. The molecule has 9 heteroatoms. The molecule has 3 aromatic carbocycles. The number of aromatic nitrogens is 4. The van der Waals surface area contributed by atoms with Crippen molar-refractivity contribution in [3.63, 3.8) is 0 Å². The number of hydrogen-bond acceptors (Lipinski definition) is 8. The summed E-state index contributed by atoms with van der Waals surface area (Å²) in [5.41, 5.74) is 13.5. The van der Waals surface area contributed by atoms with Crippen molar-refractivity contribution in [3.05, 3.63) is 84.8 Å². The molecular formula is C32H37N7O2. The van der Waals surface area contributed by atoms with E-state index in [-0.39, 0.29) is 0 Å². The Morgan fingerprint density at radius 3 is 2.29 bits per heavy atom. The number of benzene rings is 3. The Balaban J connectivity index is 1.52. The molecule has 41 heavy (non-hydrogen) atoms. The average molecular weight is 552 g/mol. The molecule has 0 aliphatic rings. The topological polar surface area (TPSA) is 94.6 Å². The van der Waals surface area contributed by atoms with E-state index in [9.17, 15) is 0 Å². The van der Waals surface area contributed by atoms with Crippen molar-refractivity contribution in [3.8, 4) is 22.8 Å². The molecule has 0 fully saturated rings. The lowest BCUT2D eigenvalue weighted by atomic mass is 10.1. The molecule has 0 amide bonds. The van der Waals surface area contributed by atoms with E-state index in [1.807, 2.05) is 55.7 Å². The van der Waals surface area contributed by atoms with Gasteiger partial charge in [-0.25, -0.2) is 4.98 Å². The van der Waals surface area contributed by atoms with Crippen LogP contribution in [0.2, 0.25) is 0 Å². The average Bonchev–Trinajstić information content (AvgIpc) is 3.43. The number of nitrogens with two attached hydrogens (primary N) is 1. The van der Waals surface area contributed by atoms with Crippen molar-refractivity contribution >= 4 is 28.1 Å². The molecule has 9 nitrogen and oxygen atoms in total. The largest absolute Gasteiger partial charge is 0.497 e. The summed E-state index contributed by atoms with van der Waals surface area (Å²) in [6.45, 7) is 6.69. The van der Waals surface area contributed by atoms with Gasteiger partial charge in [0.2, 0.25) is 0 Å². The van der Waals surface area contributed by atoms with Crippen molar-refractivity contribution in [1.82, 2.24) is 24.6 Å². The Morgan fingerprint density at radius 1 is 0.878 bits per heavy atom. The highest BCUT2D eigenvalue weighted by molar-refractivity contribution is 5.82. The van der Waals surface area contributed by atoms with Gasteiger partial charge >= 0.3 is 0 Å². The summed E-state index contributed by atoms with van der Waals surface area (Å²) < 4.78 is 13.0. The van der Waals surface area contributed by atoms with Crippen LogP contribution in [0.15, 0.2) is 79.3 Å². The molecular weight excluding hydrogens is 514 g/mol. The Hall–Kier alpha value is -4.63. The van der Waals surface area contributed by atoms with Crippen LogP contribution in [-0.2, 0) is 13.6 Å². The quantitative estimate of drug-likeness (QED) is 0.210. The minimum absolute atomic E-state index is 0.320. The molecule has 0 bridgehead atoms. The molecule has 212 valence electrons. The van der Waals surface area contributed by atoms with Gasteiger partial charge in [0.1, 0.15) is 11.5 Å². The number of nitrogen functional groups attached to an aromatic ring is 1. The Kier molecular flexibility index (Phi) is 8.35. The lowest BCUT2D eigenvalue weighted by molar-refractivity contribution is 0.219. The predicted octanol–water partition coefficient (Wildman–Crippen LogP) is 5.68. The fraction of sp³-hybridized carbons (Fsp3) is 0.281. The van der Waals surface area contributed by atoms with Crippen molar-refractivity contribution in [2.45, 2.75) is 26.4 Å². The number of ether oxygens (including phenoxy) is 2. The van der Waals surface area contributed by atoms with Gasteiger partial charge in [0.05, 0.1) is 43.3 Å². The van der Waals surface area contributed by atoms with Crippen LogP contribution in [-0.4, -0.2) is 58.0 Å². The normalized spacial score (nSPS) is 11.4. The van der Waals surface area contributed by atoms with Gasteiger partial charge in [0.15, 0.2) is 0 Å². The van der Waals surface area contributed by atoms with E-state index in [0.717, 1.165) is 69.5 Å². The van der Waals surface area contributed by atoms with Crippen molar-refractivity contribution < 1.29 is 9.47 Å². The van der Waals surface area contributed by atoms with Crippen LogP contribution in [0.4, 0.5) is 17.1 Å². The summed E-state index contributed by atoms with van der Waals surface area (Å²) in [5.74, 6) is 1.45. The van der Waals surface area contributed by atoms with E-state index in [2.05, 4.69) is 51.9 Å². The number of methoxy groups -OCH3 is 2. The maximum Gasteiger partial charge on any atom is 0.124 e. The second-order valence-corrected chi connectivity index (χ2v) is 10.3. The maximum absolute atomic E-state index is 6.30. The first-order valence-electron chi connectivity index (χ1n) is 13.7. The molecule has 0 radical (unpaired) electrons. The summed E-state index contributed by atoms with van der Waals surface area (Å²) in [7, 11) is 5.22. The maximum atomic E-state index is 6.30. The first-order chi connectivity index (χ1) is 19.8. The lowest BCUT2D eigenvalue weighted by Gasteiger charge is -2.32. The number of rotatable bonds is 11. The zero-order valence-electron chi connectivity index (χ0n) is 24.3. The summed E-state index contributed by atoms with van der Waals surface area (Å²) >= 11 is 0. The van der Waals surface area contributed by atoms with E-state index in [4.69, 9.17) is 20.2 Å². The second-order valence-electron chi connectivity index (χ2n) is 10.3. The Morgan fingerprint density at radius 2 is 1.63 bits per heavy atom. The third kappa shape index (κ3) is 6.41. The van der Waals surface area contributed by atoms with Gasteiger partial charge < -0.3 is 20.1 Å². The van der Waals surface area contributed by atoms with Crippen LogP contribution in [0.5, 0.6) is 11.5 Å². The highest BCUT2D eigenvalue weighted by Crippen LogP contribution is 2.34. The highest BCUT2D eigenvalue weighted by Gasteiger charge is 2.18. The fourth-order valence-electron chi connectivity index (χ4n) is 4.86. The molecule has 0 saturated carbocycles. The highest BCUT2D eigenvalue weighted by atomic mass is 16.5. The smallest absolute Gasteiger partial charge is 0.124 e. The Labute approximate surface area is 241 Å². The van der Waals surface area contributed by atoms with Crippen LogP contribution >= 0.6 is 0 Å². The van der Waals surface area contributed by atoms with Crippen LogP contribution in [0, 0.1) is 0 Å². The van der Waals surface area contributed by atoms with Gasteiger partial charge in [-0.15, -0.1) is 0 Å². The molecule has 2 heterocycles. The minimum atomic E-state index is 0.320. The van der Waals surface area contributed by atoms with Gasteiger partial charge in [-0.2, -0.15) is 5.10 Å². The first-order valence-corrected chi connectivity index (χ1v) is 13.7. The standard InChI is InChI=1S/C32H37N7O2/c1-22(2)38(21-23-8-6-7-9-29(23)33)12-13-39(26-14-27(40-4)17-28(15-26)41-5)25-10-11-30-31(16-25)36-32(19-34-30)24-18-35-37(3)20-24/h6-11,14-20,22H,12-13,21,33H2,1-5H3. The molecule has 0 aliphatic heterocycles. The molecule has 0 unspecified atom stereocenters. The number of hydrogen-bond donors (Lipinski definition) is 1. The van der Waals surface area contributed by atoms with Crippen LogP contribution in [0.25, 0.3) is 22.3 Å². The number of para-hydroxylation sites is 1. The Bertz CT molecular complexity index is 1610. The zero-order valence-corrected chi connectivity index (χ0v) is 24.3. The first kappa shape index (κ1) is 27.9. The molecule has 2 aromatic heterocycles. The van der Waals surface area contributed by atoms with Crippen LogP contribution in [0.1, 0.15) is 19.4 Å². The molecule has 0 saturated heterocycles. The predicted molar refractivity (Wildman–Crippen MR) is 165 cm³/mol. The minimum Gasteiger partial charge on any atom is -0.497 e. The number of nitrogens with zero attached hydrogens (tertiary/aromatic N) is 6. The second kappa shape index (κ2) is 12.3.